The van der Waals surface area contributed by atoms with Crippen molar-refractivity contribution in [3.8, 4) is 0 Å². The van der Waals surface area contributed by atoms with Crippen LogP contribution in [0.1, 0.15) is 41.6 Å². The number of hydrogen-bond donors (Lipinski definition) is 1. The summed E-state index contributed by atoms with van der Waals surface area (Å²) in [5.41, 5.74) is 2.28. The Morgan fingerprint density at radius 2 is 2.25 bits per heavy atom. The van der Waals surface area contributed by atoms with Gasteiger partial charge in [-0.05, 0) is 20.8 Å². The van der Waals surface area contributed by atoms with Crippen LogP contribution in [0.25, 0.3) is 0 Å². The number of nitrogens with one attached hydrogen (secondary N) is 1. The minimum Gasteiger partial charge on any atom is -0.344 e. The van der Waals surface area contributed by atoms with E-state index in [0.29, 0.717) is 17.3 Å². The Kier molecular flexibility index (Phi) is 4.13. The van der Waals surface area contributed by atoms with E-state index in [1.54, 1.807) is 9.36 Å². The molecular weight excluding hydrogens is 278 g/mol. The molecule has 0 aliphatic rings. The first-order valence-electron chi connectivity index (χ1n) is 6.46. The minimum absolute atomic E-state index is 0.146. The van der Waals surface area contributed by atoms with Crippen LogP contribution in [0.15, 0.2) is 12.4 Å². The van der Waals surface area contributed by atoms with E-state index in [0.717, 1.165) is 11.3 Å². The van der Waals surface area contributed by atoms with E-state index < -0.39 is 0 Å². The first-order valence-corrected chi connectivity index (χ1v) is 6.84. The highest BCUT2D eigenvalue weighted by atomic mass is 35.5. The third-order valence-electron chi connectivity index (χ3n) is 3.17. The summed E-state index contributed by atoms with van der Waals surface area (Å²) >= 11 is 6.02. The van der Waals surface area contributed by atoms with E-state index in [9.17, 15) is 4.79 Å². The van der Waals surface area contributed by atoms with Gasteiger partial charge in [0.15, 0.2) is 0 Å². The van der Waals surface area contributed by atoms with E-state index in [-0.39, 0.29) is 11.9 Å². The Balaban J connectivity index is 2.19. The normalized spacial score (nSPS) is 12.4. The Labute approximate surface area is 122 Å². The summed E-state index contributed by atoms with van der Waals surface area (Å²) in [4.78, 5) is 12.3. The molecule has 2 rings (SSSR count). The molecule has 6 nitrogen and oxygen atoms in total. The van der Waals surface area contributed by atoms with E-state index in [1.165, 1.54) is 6.20 Å². The number of carbonyl (C=O) groups excluding carboxylic acids is 1. The predicted octanol–water partition coefficient (Wildman–Crippen LogP) is 2.09. The summed E-state index contributed by atoms with van der Waals surface area (Å²) in [5.74, 6) is -0.231. The van der Waals surface area contributed by atoms with Gasteiger partial charge in [-0.25, -0.2) is 0 Å². The molecular formula is C13H18ClN5O. The van der Waals surface area contributed by atoms with E-state index >= 15 is 0 Å². The minimum atomic E-state index is -0.231. The van der Waals surface area contributed by atoms with Crippen molar-refractivity contribution in [3.05, 3.63) is 34.4 Å². The monoisotopic (exact) mass is 295 g/mol. The third kappa shape index (κ3) is 2.70. The molecule has 2 aromatic rings. The smallest absolute Gasteiger partial charge is 0.271 e. The van der Waals surface area contributed by atoms with Gasteiger partial charge in [-0.1, -0.05) is 11.6 Å². The van der Waals surface area contributed by atoms with Gasteiger partial charge in [0.05, 0.1) is 23.0 Å². The molecule has 1 atom stereocenters. The van der Waals surface area contributed by atoms with Gasteiger partial charge in [-0.2, -0.15) is 10.2 Å². The van der Waals surface area contributed by atoms with Crippen molar-refractivity contribution in [3.63, 3.8) is 0 Å². The molecule has 0 radical (unpaired) electrons. The summed E-state index contributed by atoms with van der Waals surface area (Å²) in [6.07, 6.45) is 3.39. The fourth-order valence-electron chi connectivity index (χ4n) is 2.21. The standard InChI is InChI=1S/C13H18ClN5O/c1-5-19-12(11(14)6-15-19)13(20)16-8(2)10-7-18(4)17-9(10)3/h6-8H,5H2,1-4H3,(H,16,20). The number of hydrogen-bond acceptors (Lipinski definition) is 3. The van der Waals surface area contributed by atoms with Crippen molar-refractivity contribution < 1.29 is 4.79 Å². The zero-order valence-electron chi connectivity index (χ0n) is 12.0. The Bertz CT molecular complexity index is 631. The number of aryl methyl sites for hydroxylation is 3. The molecule has 2 aromatic heterocycles. The maximum absolute atomic E-state index is 12.3. The van der Waals surface area contributed by atoms with Gasteiger partial charge in [-0.15, -0.1) is 0 Å². The van der Waals surface area contributed by atoms with Gasteiger partial charge < -0.3 is 5.32 Å². The van der Waals surface area contributed by atoms with Crippen molar-refractivity contribution >= 4 is 17.5 Å². The van der Waals surface area contributed by atoms with Crippen LogP contribution >= 0.6 is 11.6 Å². The highest BCUT2D eigenvalue weighted by Gasteiger charge is 2.20. The van der Waals surface area contributed by atoms with Gasteiger partial charge in [0.1, 0.15) is 5.69 Å². The molecule has 0 saturated heterocycles. The van der Waals surface area contributed by atoms with E-state index in [1.807, 2.05) is 34.0 Å². The largest absolute Gasteiger partial charge is 0.344 e. The lowest BCUT2D eigenvalue weighted by atomic mass is 10.1. The molecule has 1 N–H and O–H groups in total. The highest BCUT2D eigenvalue weighted by Crippen LogP contribution is 2.19. The van der Waals surface area contributed by atoms with Crippen molar-refractivity contribution in [1.29, 1.82) is 0 Å². The molecule has 108 valence electrons. The van der Waals surface area contributed by atoms with Gasteiger partial charge >= 0.3 is 0 Å². The van der Waals surface area contributed by atoms with Crippen LogP contribution < -0.4 is 5.32 Å². The first kappa shape index (κ1) is 14.6. The molecule has 0 aliphatic carbocycles. The molecule has 1 amide bonds. The number of aromatic nitrogens is 4. The number of amides is 1. The average Bonchev–Trinajstić information content (AvgIpc) is 2.91. The predicted molar refractivity (Wildman–Crippen MR) is 76.7 cm³/mol. The lowest BCUT2D eigenvalue weighted by Crippen LogP contribution is -2.29. The number of nitrogens with zero attached hydrogens (tertiary/aromatic N) is 4. The number of halogens is 1. The summed E-state index contributed by atoms with van der Waals surface area (Å²) in [7, 11) is 1.86. The fourth-order valence-corrected chi connectivity index (χ4v) is 2.44. The Morgan fingerprint density at radius 1 is 1.55 bits per heavy atom. The van der Waals surface area contributed by atoms with Gasteiger partial charge in [-0.3, -0.25) is 14.2 Å². The van der Waals surface area contributed by atoms with Gasteiger partial charge in [0.25, 0.3) is 5.91 Å². The summed E-state index contributed by atoms with van der Waals surface area (Å²) in [6, 6.07) is -0.146. The van der Waals surface area contributed by atoms with E-state index in [2.05, 4.69) is 15.5 Å². The van der Waals surface area contributed by atoms with Crippen molar-refractivity contribution in [2.45, 2.75) is 33.4 Å². The van der Waals surface area contributed by atoms with Gasteiger partial charge in [0.2, 0.25) is 0 Å². The topological polar surface area (TPSA) is 64.7 Å². The number of carbonyl (C=O) groups is 1. The highest BCUT2D eigenvalue weighted by molar-refractivity contribution is 6.33. The van der Waals surface area contributed by atoms with Crippen LogP contribution in [-0.2, 0) is 13.6 Å². The average molecular weight is 296 g/mol. The summed E-state index contributed by atoms with van der Waals surface area (Å²) < 4.78 is 3.32. The SMILES string of the molecule is CCn1ncc(Cl)c1C(=O)NC(C)c1cn(C)nc1C. The zero-order valence-corrected chi connectivity index (χ0v) is 12.8. The molecule has 0 aliphatic heterocycles. The van der Waals surface area contributed by atoms with Crippen LogP contribution in [-0.4, -0.2) is 25.5 Å². The van der Waals surface area contributed by atoms with Gasteiger partial charge in [0, 0.05) is 25.4 Å². The summed E-state index contributed by atoms with van der Waals surface area (Å²) in [5, 5.41) is 11.6. The second kappa shape index (κ2) is 5.66. The maximum atomic E-state index is 12.3. The fraction of sp³-hybridized carbons (Fsp3) is 0.462. The molecule has 0 bridgehead atoms. The molecule has 20 heavy (non-hydrogen) atoms. The van der Waals surface area contributed by atoms with Crippen LogP contribution in [0, 0.1) is 6.92 Å². The van der Waals surface area contributed by atoms with Crippen LogP contribution in [0.4, 0.5) is 0 Å². The zero-order chi connectivity index (χ0) is 14.9. The quantitative estimate of drug-likeness (QED) is 0.939. The van der Waals surface area contributed by atoms with E-state index in [4.69, 9.17) is 11.6 Å². The third-order valence-corrected chi connectivity index (χ3v) is 3.45. The van der Waals surface area contributed by atoms with Crippen molar-refractivity contribution in [2.24, 2.45) is 7.05 Å². The second-order valence-corrected chi connectivity index (χ2v) is 5.10. The molecule has 0 saturated carbocycles. The molecule has 0 fully saturated rings. The molecule has 1 unspecified atom stereocenters. The molecule has 2 heterocycles. The molecule has 7 heteroatoms. The lowest BCUT2D eigenvalue weighted by molar-refractivity contribution is 0.0929. The number of rotatable bonds is 4. The van der Waals surface area contributed by atoms with Crippen LogP contribution in [0.2, 0.25) is 5.02 Å². The van der Waals surface area contributed by atoms with Crippen LogP contribution in [0.3, 0.4) is 0 Å². The maximum Gasteiger partial charge on any atom is 0.271 e. The summed E-state index contributed by atoms with van der Waals surface area (Å²) in [6.45, 7) is 6.34. The molecule has 0 aromatic carbocycles. The first-order chi connectivity index (χ1) is 9.43. The van der Waals surface area contributed by atoms with Crippen molar-refractivity contribution in [1.82, 2.24) is 24.9 Å². The van der Waals surface area contributed by atoms with Crippen LogP contribution in [0.5, 0.6) is 0 Å². The second-order valence-electron chi connectivity index (χ2n) is 4.70. The lowest BCUT2D eigenvalue weighted by Gasteiger charge is -2.14. The van der Waals surface area contributed by atoms with Crippen molar-refractivity contribution in [2.75, 3.05) is 0 Å². The Hall–Kier alpha value is -1.82. The Morgan fingerprint density at radius 3 is 2.80 bits per heavy atom. The molecule has 0 spiro atoms.